The second-order valence-electron chi connectivity index (χ2n) is 3.38. The normalized spacial score (nSPS) is 14.5. The van der Waals surface area contributed by atoms with Gasteiger partial charge < -0.3 is 4.53 Å². The van der Waals surface area contributed by atoms with Gasteiger partial charge in [-0.05, 0) is 26.6 Å². The Morgan fingerprint density at radius 2 is 2.09 bits per heavy atom. The monoisotopic (exact) mass is 170 g/mol. The number of hydrogen-bond acceptors (Lipinski definition) is 3. The summed E-state index contributed by atoms with van der Waals surface area (Å²) < 4.78 is 5.16. The van der Waals surface area contributed by atoms with E-state index < -0.39 is 8.32 Å². The molecule has 1 unspecified atom stereocenters. The van der Waals surface area contributed by atoms with Gasteiger partial charge in [-0.25, -0.2) is 0 Å². The van der Waals surface area contributed by atoms with Crippen LogP contribution in [0.2, 0.25) is 19.6 Å². The molecule has 0 rings (SSSR count). The minimum atomic E-state index is -1.54. The van der Waals surface area contributed by atoms with Crippen molar-refractivity contribution in [1.82, 2.24) is 0 Å². The van der Waals surface area contributed by atoms with E-state index in [0.29, 0.717) is 0 Å². The van der Waals surface area contributed by atoms with E-state index in [0.717, 1.165) is 0 Å². The fourth-order valence-electron chi connectivity index (χ4n) is 0.313. The Labute approximate surface area is 68.8 Å². The molecule has 1 atom stereocenters. The predicted molar refractivity (Wildman–Crippen MR) is 47.7 cm³/mol. The summed E-state index contributed by atoms with van der Waals surface area (Å²) in [5.41, 5.74) is 0. The average Bonchev–Trinajstić information content (AvgIpc) is 1.85. The summed E-state index contributed by atoms with van der Waals surface area (Å²) in [4.78, 5) is 0. The first-order valence-corrected chi connectivity index (χ1v) is 6.98. The highest BCUT2D eigenvalue weighted by molar-refractivity contribution is 6.69. The molecule has 0 saturated heterocycles. The van der Waals surface area contributed by atoms with E-state index in [2.05, 4.69) is 5.16 Å². The minimum absolute atomic E-state index is 0.161. The summed E-state index contributed by atoms with van der Waals surface area (Å²) in [7, 11) is -1.54. The summed E-state index contributed by atoms with van der Waals surface area (Å²) in [6.45, 7) is 7.90. The van der Waals surface area contributed by atoms with Crippen LogP contribution in [0.25, 0.3) is 0 Å². The van der Waals surface area contributed by atoms with Crippen LogP contribution in [-0.4, -0.2) is 14.5 Å². The Hall–Kier alpha value is -0.823. The van der Waals surface area contributed by atoms with Gasteiger partial charge in [-0.3, -0.25) is 0 Å². The molecule has 0 bridgehead atoms. The lowest BCUT2D eigenvalue weighted by Crippen LogP contribution is -2.22. The first kappa shape index (κ1) is 10.2. The SMILES string of the molecule is CC(C#N)/C=N/O[Si](C)(C)C. The summed E-state index contributed by atoms with van der Waals surface area (Å²) in [5.74, 6) is -0.161. The molecule has 11 heavy (non-hydrogen) atoms. The lowest BCUT2D eigenvalue weighted by molar-refractivity contribution is 0.336. The largest absolute Gasteiger partial charge is 0.456 e. The maximum absolute atomic E-state index is 8.38. The number of hydrogen-bond donors (Lipinski definition) is 0. The van der Waals surface area contributed by atoms with E-state index in [4.69, 9.17) is 9.79 Å². The third-order valence-electron chi connectivity index (χ3n) is 0.815. The van der Waals surface area contributed by atoms with E-state index >= 15 is 0 Å². The van der Waals surface area contributed by atoms with Gasteiger partial charge in [0.2, 0.25) is 0 Å². The number of oxime groups is 1. The van der Waals surface area contributed by atoms with Crippen molar-refractivity contribution in [1.29, 1.82) is 5.26 Å². The van der Waals surface area contributed by atoms with Gasteiger partial charge in [-0.2, -0.15) is 5.26 Å². The molecule has 0 spiro atoms. The van der Waals surface area contributed by atoms with Crippen LogP contribution in [0, 0.1) is 17.2 Å². The predicted octanol–water partition coefficient (Wildman–Crippen LogP) is 1.98. The zero-order valence-corrected chi connectivity index (χ0v) is 8.46. The van der Waals surface area contributed by atoms with E-state index in [-0.39, 0.29) is 5.92 Å². The second kappa shape index (κ2) is 4.14. The van der Waals surface area contributed by atoms with Crippen molar-refractivity contribution in [3.05, 3.63) is 0 Å². The average molecular weight is 170 g/mol. The molecule has 4 heteroatoms. The van der Waals surface area contributed by atoms with Crippen molar-refractivity contribution < 1.29 is 4.53 Å². The molecule has 0 saturated carbocycles. The number of nitrogens with zero attached hydrogens (tertiary/aromatic N) is 2. The van der Waals surface area contributed by atoms with Gasteiger partial charge in [0.25, 0.3) is 8.32 Å². The Balaban J connectivity index is 3.72. The van der Waals surface area contributed by atoms with Crippen LogP contribution in [0.15, 0.2) is 5.16 Å². The molecule has 3 nitrogen and oxygen atoms in total. The summed E-state index contributed by atoms with van der Waals surface area (Å²) >= 11 is 0. The summed E-state index contributed by atoms with van der Waals surface area (Å²) in [5, 5.41) is 12.1. The first-order valence-electron chi connectivity index (χ1n) is 3.57. The van der Waals surface area contributed by atoms with Gasteiger partial charge in [0.15, 0.2) is 0 Å². The van der Waals surface area contributed by atoms with Gasteiger partial charge in [-0.15, -0.1) is 5.16 Å². The topological polar surface area (TPSA) is 45.4 Å². The lowest BCUT2D eigenvalue weighted by atomic mass is 10.2. The molecule has 0 amide bonds. The van der Waals surface area contributed by atoms with E-state index in [1.807, 2.05) is 25.7 Å². The van der Waals surface area contributed by atoms with Gasteiger partial charge in [0.05, 0.1) is 18.2 Å². The molecule has 62 valence electrons. The summed E-state index contributed by atoms with van der Waals surface area (Å²) in [6, 6.07) is 2.04. The van der Waals surface area contributed by atoms with Gasteiger partial charge in [-0.1, -0.05) is 0 Å². The molecule has 0 radical (unpaired) electrons. The van der Waals surface area contributed by atoms with Crippen molar-refractivity contribution >= 4 is 14.5 Å². The number of rotatable bonds is 3. The van der Waals surface area contributed by atoms with E-state index in [1.165, 1.54) is 6.21 Å². The second-order valence-corrected chi connectivity index (χ2v) is 7.78. The molecule has 0 fully saturated rings. The van der Waals surface area contributed by atoms with Gasteiger partial charge in [0, 0.05) is 0 Å². The maximum Gasteiger partial charge on any atom is 0.278 e. The quantitative estimate of drug-likeness (QED) is 0.369. The Bertz CT molecular complexity index is 178. The zero-order valence-electron chi connectivity index (χ0n) is 7.46. The molecule has 0 aliphatic carbocycles. The zero-order chi connectivity index (χ0) is 8.91. The lowest BCUT2D eigenvalue weighted by Gasteiger charge is -2.11. The fraction of sp³-hybridized carbons (Fsp3) is 0.714. The van der Waals surface area contributed by atoms with E-state index in [9.17, 15) is 0 Å². The van der Waals surface area contributed by atoms with Crippen LogP contribution in [0.3, 0.4) is 0 Å². The fourth-order valence-corrected chi connectivity index (χ4v) is 0.690. The van der Waals surface area contributed by atoms with Crippen molar-refractivity contribution in [3.8, 4) is 6.07 Å². The number of nitriles is 1. The standard InChI is InChI=1S/C7H14N2OSi/c1-7(5-8)6-9-10-11(2,3)4/h6-7H,1-4H3/b9-6+. The van der Waals surface area contributed by atoms with Crippen molar-refractivity contribution in [2.75, 3.05) is 0 Å². The van der Waals surface area contributed by atoms with Crippen LogP contribution >= 0.6 is 0 Å². The van der Waals surface area contributed by atoms with Gasteiger partial charge in [0.1, 0.15) is 0 Å². The van der Waals surface area contributed by atoms with Crippen LogP contribution in [0.4, 0.5) is 0 Å². The highest BCUT2D eigenvalue weighted by atomic mass is 28.4. The van der Waals surface area contributed by atoms with Crippen LogP contribution < -0.4 is 0 Å². The molecular weight excluding hydrogens is 156 g/mol. The van der Waals surface area contributed by atoms with Gasteiger partial charge >= 0.3 is 0 Å². The Morgan fingerprint density at radius 1 is 1.55 bits per heavy atom. The smallest absolute Gasteiger partial charge is 0.278 e. The van der Waals surface area contributed by atoms with Crippen LogP contribution in [0.1, 0.15) is 6.92 Å². The third kappa shape index (κ3) is 7.07. The molecule has 0 aromatic heterocycles. The minimum Gasteiger partial charge on any atom is -0.456 e. The highest BCUT2D eigenvalue weighted by Gasteiger charge is 2.15. The van der Waals surface area contributed by atoms with Crippen LogP contribution in [0.5, 0.6) is 0 Å². The van der Waals surface area contributed by atoms with Crippen molar-refractivity contribution in [2.24, 2.45) is 11.1 Å². The third-order valence-corrected chi connectivity index (χ3v) is 1.47. The molecule has 0 aliphatic heterocycles. The van der Waals surface area contributed by atoms with Crippen molar-refractivity contribution in [3.63, 3.8) is 0 Å². The molecular formula is C7H14N2OSi. The molecule has 0 N–H and O–H groups in total. The Morgan fingerprint density at radius 3 is 2.45 bits per heavy atom. The molecule has 0 aromatic rings. The van der Waals surface area contributed by atoms with Crippen LogP contribution in [-0.2, 0) is 4.53 Å². The Kier molecular flexibility index (Phi) is 3.83. The van der Waals surface area contributed by atoms with Crippen molar-refractivity contribution in [2.45, 2.75) is 26.6 Å². The first-order chi connectivity index (χ1) is 4.95. The molecule has 0 aliphatic rings. The van der Waals surface area contributed by atoms with E-state index in [1.54, 1.807) is 6.92 Å². The maximum atomic E-state index is 8.38. The highest BCUT2D eigenvalue weighted by Crippen LogP contribution is 2.02. The summed E-state index contributed by atoms with van der Waals surface area (Å²) in [6.07, 6.45) is 1.53. The molecule has 0 heterocycles. The molecule has 0 aromatic carbocycles.